The van der Waals surface area contributed by atoms with Crippen LogP contribution in [0, 0.1) is 0 Å². The lowest BCUT2D eigenvalue weighted by Gasteiger charge is -2.39. The van der Waals surface area contributed by atoms with Crippen LogP contribution in [0.3, 0.4) is 0 Å². The molecule has 4 heterocycles. The molecule has 0 spiro atoms. The van der Waals surface area contributed by atoms with Crippen LogP contribution in [0.4, 0.5) is 0 Å². The lowest BCUT2D eigenvalue weighted by atomic mass is 10.0. The van der Waals surface area contributed by atoms with Gasteiger partial charge in [-0.25, -0.2) is 0 Å². The van der Waals surface area contributed by atoms with Gasteiger partial charge in [-0.05, 0) is 65.7 Å². The molecule has 0 saturated carbocycles. The van der Waals surface area contributed by atoms with Gasteiger partial charge in [-0.2, -0.15) is 0 Å². The molecule has 3 atom stereocenters. The summed E-state index contributed by atoms with van der Waals surface area (Å²) >= 11 is 0. The van der Waals surface area contributed by atoms with Crippen LogP contribution in [0.25, 0.3) is 0 Å². The van der Waals surface area contributed by atoms with E-state index in [4.69, 9.17) is 0 Å². The predicted octanol–water partition coefficient (Wildman–Crippen LogP) is -0.283. The van der Waals surface area contributed by atoms with Gasteiger partial charge >= 0.3 is 0 Å². The molecule has 0 bridgehead atoms. The summed E-state index contributed by atoms with van der Waals surface area (Å²) in [6, 6.07) is 0.869. The SMILES string of the molecule is CN1CCC(N2CC[C@@H]3[C@H]2C(=O)NC[C@H](CCC(=O)N2CCC(O)CC2)N3C)CC1. The summed E-state index contributed by atoms with van der Waals surface area (Å²) in [5.41, 5.74) is 0. The summed E-state index contributed by atoms with van der Waals surface area (Å²) in [5.74, 6) is 0.351. The Morgan fingerprint density at radius 2 is 1.73 bits per heavy atom. The third kappa shape index (κ3) is 4.66. The molecule has 0 unspecified atom stereocenters. The van der Waals surface area contributed by atoms with Crippen LogP contribution in [0.15, 0.2) is 0 Å². The second-order valence-electron chi connectivity index (χ2n) is 9.79. The van der Waals surface area contributed by atoms with Crippen molar-refractivity contribution in [2.45, 2.75) is 75.2 Å². The fourth-order valence-corrected chi connectivity index (χ4v) is 5.89. The topological polar surface area (TPSA) is 79.4 Å². The molecule has 4 aliphatic heterocycles. The Balaban J connectivity index is 1.34. The molecule has 0 radical (unpaired) electrons. The highest BCUT2D eigenvalue weighted by Gasteiger charge is 2.47. The quantitative estimate of drug-likeness (QED) is 0.650. The Hall–Kier alpha value is -1.22. The van der Waals surface area contributed by atoms with Gasteiger partial charge in [0.2, 0.25) is 11.8 Å². The Morgan fingerprint density at radius 3 is 2.43 bits per heavy atom. The number of amides is 2. The maximum Gasteiger partial charge on any atom is 0.239 e. The Morgan fingerprint density at radius 1 is 1.03 bits per heavy atom. The summed E-state index contributed by atoms with van der Waals surface area (Å²) in [5, 5.41) is 12.9. The average molecular weight is 422 g/mol. The number of likely N-dealkylation sites (N-methyl/N-ethyl adjacent to an activating group) is 1. The molecule has 0 aromatic rings. The molecule has 8 nitrogen and oxygen atoms in total. The fourth-order valence-electron chi connectivity index (χ4n) is 5.89. The van der Waals surface area contributed by atoms with Gasteiger partial charge in [0.25, 0.3) is 0 Å². The van der Waals surface area contributed by atoms with E-state index in [0.717, 1.165) is 45.3 Å². The van der Waals surface area contributed by atoms with Crippen molar-refractivity contribution in [3.8, 4) is 0 Å². The minimum absolute atomic E-state index is 0.0623. The minimum atomic E-state index is -0.260. The summed E-state index contributed by atoms with van der Waals surface area (Å²) in [6.07, 6.45) is 5.68. The van der Waals surface area contributed by atoms with Gasteiger partial charge in [0.1, 0.15) is 6.04 Å². The Kier molecular flexibility index (Phi) is 6.97. The molecule has 170 valence electrons. The smallest absolute Gasteiger partial charge is 0.239 e. The molecule has 4 rings (SSSR count). The molecular formula is C22H39N5O3. The molecule has 4 saturated heterocycles. The van der Waals surface area contributed by atoms with Crippen molar-refractivity contribution in [3.05, 3.63) is 0 Å². The van der Waals surface area contributed by atoms with Crippen LogP contribution in [-0.4, -0.2) is 120 Å². The number of aliphatic hydroxyl groups excluding tert-OH is 1. The summed E-state index contributed by atoms with van der Waals surface area (Å²) in [4.78, 5) is 34.8. The van der Waals surface area contributed by atoms with Crippen molar-refractivity contribution < 1.29 is 14.7 Å². The maximum absolute atomic E-state index is 13.0. The number of piperidine rings is 2. The lowest BCUT2D eigenvalue weighted by molar-refractivity contribution is -0.133. The fraction of sp³-hybridized carbons (Fsp3) is 0.909. The molecular weight excluding hydrogens is 382 g/mol. The second-order valence-corrected chi connectivity index (χ2v) is 9.79. The summed E-state index contributed by atoms with van der Waals surface area (Å²) < 4.78 is 0. The van der Waals surface area contributed by atoms with Crippen LogP contribution in [0.2, 0.25) is 0 Å². The van der Waals surface area contributed by atoms with Crippen molar-refractivity contribution in [2.24, 2.45) is 0 Å². The normalized spacial score (nSPS) is 33.4. The van der Waals surface area contributed by atoms with E-state index in [2.05, 4.69) is 34.1 Å². The molecule has 8 heteroatoms. The highest BCUT2D eigenvalue weighted by molar-refractivity contribution is 5.83. The summed E-state index contributed by atoms with van der Waals surface area (Å²) in [6.45, 7) is 5.14. The highest BCUT2D eigenvalue weighted by Crippen LogP contribution is 2.31. The number of hydrogen-bond acceptors (Lipinski definition) is 6. The molecule has 30 heavy (non-hydrogen) atoms. The van der Waals surface area contributed by atoms with E-state index in [9.17, 15) is 14.7 Å². The van der Waals surface area contributed by atoms with Gasteiger partial charge in [-0.1, -0.05) is 0 Å². The van der Waals surface area contributed by atoms with Crippen molar-refractivity contribution in [1.29, 1.82) is 0 Å². The van der Waals surface area contributed by atoms with E-state index < -0.39 is 0 Å². The van der Waals surface area contributed by atoms with E-state index in [1.165, 1.54) is 0 Å². The molecule has 4 fully saturated rings. The summed E-state index contributed by atoms with van der Waals surface area (Å²) in [7, 11) is 4.32. The number of hydrogen-bond donors (Lipinski definition) is 2. The zero-order chi connectivity index (χ0) is 21.3. The van der Waals surface area contributed by atoms with Gasteiger partial charge in [0, 0.05) is 50.7 Å². The van der Waals surface area contributed by atoms with Crippen LogP contribution >= 0.6 is 0 Å². The van der Waals surface area contributed by atoms with Gasteiger partial charge in [0.15, 0.2) is 0 Å². The number of nitrogens with zero attached hydrogens (tertiary/aromatic N) is 4. The van der Waals surface area contributed by atoms with E-state index in [1.54, 1.807) is 0 Å². The number of aliphatic hydroxyl groups is 1. The molecule has 2 amide bonds. The first-order chi connectivity index (χ1) is 14.4. The lowest BCUT2D eigenvalue weighted by Crippen LogP contribution is -2.54. The highest BCUT2D eigenvalue weighted by atomic mass is 16.3. The van der Waals surface area contributed by atoms with Crippen LogP contribution in [-0.2, 0) is 9.59 Å². The number of carbonyl (C=O) groups is 2. The third-order valence-corrected chi connectivity index (χ3v) is 7.95. The zero-order valence-corrected chi connectivity index (χ0v) is 18.6. The zero-order valence-electron chi connectivity index (χ0n) is 18.6. The Bertz CT molecular complexity index is 616. The van der Waals surface area contributed by atoms with Crippen molar-refractivity contribution in [2.75, 3.05) is 53.4 Å². The second kappa shape index (κ2) is 9.51. The van der Waals surface area contributed by atoms with E-state index in [1.807, 2.05) is 4.90 Å². The van der Waals surface area contributed by atoms with Gasteiger partial charge in [0.05, 0.1) is 6.10 Å². The van der Waals surface area contributed by atoms with Gasteiger partial charge in [-0.15, -0.1) is 0 Å². The molecule has 2 N–H and O–H groups in total. The molecule has 0 aliphatic carbocycles. The van der Waals surface area contributed by atoms with Crippen LogP contribution in [0.1, 0.15) is 44.9 Å². The van der Waals surface area contributed by atoms with E-state index >= 15 is 0 Å². The number of rotatable bonds is 4. The Labute approximate surface area is 180 Å². The number of carbonyl (C=O) groups excluding carboxylic acids is 2. The van der Waals surface area contributed by atoms with Crippen molar-refractivity contribution in [1.82, 2.24) is 24.9 Å². The minimum Gasteiger partial charge on any atom is -0.393 e. The number of likely N-dealkylation sites (tertiary alicyclic amines) is 3. The van der Waals surface area contributed by atoms with Crippen LogP contribution in [0.5, 0.6) is 0 Å². The monoisotopic (exact) mass is 421 g/mol. The average Bonchev–Trinajstić information content (AvgIpc) is 3.14. The van der Waals surface area contributed by atoms with Gasteiger partial charge < -0.3 is 20.2 Å². The first kappa shape index (κ1) is 22.0. The van der Waals surface area contributed by atoms with E-state index in [0.29, 0.717) is 44.9 Å². The van der Waals surface area contributed by atoms with E-state index in [-0.39, 0.29) is 36.0 Å². The third-order valence-electron chi connectivity index (χ3n) is 7.95. The maximum atomic E-state index is 13.0. The van der Waals surface area contributed by atoms with Gasteiger partial charge in [-0.3, -0.25) is 19.4 Å². The molecule has 0 aromatic carbocycles. The predicted molar refractivity (Wildman–Crippen MR) is 115 cm³/mol. The number of fused-ring (bicyclic) bond motifs is 1. The van der Waals surface area contributed by atoms with Crippen molar-refractivity contribution >= 4 is 11.8 Å². The first-order valence-corrected chi connectivity index (χ1v) is 11.8. The number of nitrogens with one attached hydrogen (secondary N) is 1. The standard InChI is InChI=1S/C22H39N5O3/c1-24-10-5-16(6-11-24)27-14-9-19-21(27)22(30)23-15-17(25(19)2)3-4-20(29)26-12-7-18(28)8-13-26/h16-19,21,28H,3-15H2,1-2H3,(H,23,30)/t17-,19+,21-/m0/s1. The molecule has 0 aromatic heterocycles. The first-order valence-electron chi connectivity index (χ1n) is 11.8. The van der Waals surface area contributed by atoms with Crippen LogP contribution < -0.4 is 5.32 Å². The largest absolute Gasteiger partial charge is 0.393 e. The van der Waals surface area contributed by atoms with Crippen molar-refractivity contribution in [3.63, 3.8) is 0 Å². The molecule has 4 aliphatic rings.